The molecular formula is C18H18FNO2S. The summed E-state index contributed by atoms with van der Waals surface area (Å²) >= 11 is 1.61. The van der Waals surface area contributed by atoms with Crippen LogP contribution in [-0.4, -0.2) is 29.1 Å². The number of carboxylic acids is 1. The van der Waals surface area contributed by atoms with Crippen molar-refractivity contribution in [1.29, 1.82) is 0 Å². The zero-order chi connectivity index (χ0) is 16.2. The van der Waals surface area contributed by atoms with Gasteiger partial charge in [0.15, 0.2) is 0 Å². The number of benzene rings is 2. The Morgan fingerprint density at radius 1 is 1.17 bits per heavy atom. The number of carboxylic acid groups (broad SMARTS) is 1. The second-order valence-electron chi connectivity index (χ2n) is 5.75. The molecule has 0 saturated carbocycles. The van der Waals surface area contributed by atoms with Gasteiger partial charge in [0, 0.05) is 30.3 Å². The molecule has 1 aliphatic heterocycles. The number of likely N-dealkylation sites (tertiary alicyclic amines) is 1. The van der Waals surface area contributed by atoms with Crippen molar-refractivity contribution >= 4 is 17.7 Å². The molecule has 1 aliphatic rings. The number of rotatable bonds is 6. The molecule has 1 N–H and O–H groups in total. The molecule has 0 unspecified atom stereocenters. The van der Waals surface area contributed by atoms with Crippen molar-refractivity contribution in [2.75, 3.05) is 13.1 Å². The minimum atomic E-state index is -0.707. The van der Waals surface area contributed by atoms with Crippen molar-refractivity contribution in [1.82, 2.24) is 4.90 Å². The summed E-state index contributed by atoms with van der Waals surface area (Å²) in [4.78, 5) is 14.0. The number of halogens is 1. The monoisotopic (exact) mass is 331 g/mol. The molecule has 0 atom stereocenters. The summed E-state index contributed by atoms with van der Waals surface area (Å²) in [6, 6.07) is 15.0. The maximum atomic E-state index is 13.6. The van der Waals surface area contributed by atoms with Gasteiger partial charge in [-0.25, -0.2) is 4.39 Å². The van der Waals surface area contributed by atoms with E-state index in [9.17, 15) is 9.18 Å². The zero-order valence-corrected chi connectivity index (χ0v) is 13.4. The highest BCUT2D eigenvalue weighted by Gasteiger charge is 2.31. The Morgan fingerprint density at radius 3 is 2.52 bits per heavy atom. The van der Waals surface area contributed by atoms with E-state index >= 15 is 0 Å². The maximum absolute atomic E-state index is 13.6. The van der Waals surface area contributed by atoms with E-state index in [0.717, 1.165) is 11.4 Å². The SMILES string of the molecule is O=C(O)C1CN(Cc2ccc(SCc3ccccc3F)cc2)C1. The van der Waals surface area contributed by atoms with E-state index < -0.39 is 5.97 Å². The van der Waals surface area contributed by atoms with Crippen molar-refractivity contribution in [2.45, 2.75) is 17.2 Å². The molecule has 0 spiro atoms. The molecular weight excluding hydrogens is 313 g/mol. The van der Waals surface area contributed by atoms with Crippen LogP contribution in [0.15, 0.2) is 53.4 Å². The van der Waals surface area contributed by atoms with Crippen LogP contribution in [0.3, 0.4) is 0 Å². The highest BCUT2D eigenvalue weighted by Crippen LogP contribution is 2.25. The molecule has 0 aromatic heterocycles. The third-order valence-corrected chi connectivity index (χ3v) is 5.05. The number of nitrogens with zero attached hydrogens (tertiary/aromatic N) is 1. The quantitative estimate of drug-likeness (QED) is 0.821. The van der Waals surface area contributed by atoms with Gasteiger partial charge in [-0.3, -0.25) is 9.69 Å². The Bertz CT molecular complexity index is 684. The molecule has 23 heavy (non-hydrogen) atoms. The number of hydrogen-bond acceptors (Lipinski definition) is 3. The topological polar surface area (TPSA) is 40.5 Å². The first-order valence-corrected chi connectivity index (χ1v) is 8.50. The van der Waals surface area contributed by atoms with E-state index in [1.54, 1.807) is 23.9 Å². The lowest BCUT2D eigenvalue weighted by Gasteiger charge is -2.36. The molecule has 1 saturated heterocycles. The number of thioether (sulfide) groups is 1. The Labute approximate surface area is 139 Å². The Hall–Kier alpha value is -1.85. The normalized spacial score (nSPS) is 15.3. The van der Waals surface area contributed by atoms with Gasteiger partial charge in [-0.2, -0.15) is 0 Å². The van der Waals surface area contributed by atoms with E-state index in [-0.39, 0.29) is 11.7 Å². The summed E-state index contributed by atoms with van der Waals surface area (Å²) in [7, 11) is 0. The maximum Gasteiger partial charge on any atom is 0.309 e. The van der Waals surface area contributed by atoms with Crippen molar-refractivity contribution in [3.63, 3.8) is 0 Å². The van der Waals surface area contributed by atoms with Crippen LogP contribution >= 0.6 is 11.8 Å². The molecule has 120 valence electrons. The molecule has 3 rings (SSSR count). The second kappa shape index (κ2) is 7.15. The molecule has 2 aromatic rings. The van der Waals surface area contributed by atoms with Gasteiger partial charge in [-0.1, -0.05) is 30.3 Å². The predicted octanol–water partition coefficient (Wildman–Crippen LogP) is 3.63. The Balaban J connectivity index is 1.50. The third-order valence-electron chi connectivity index (χ3n) is 3.99. The molecule has 5 heteroatoms. The lowest BCUT2D eigenvalue weighted by Crippen LogP contribution is -2.49. The molecule has 0 amide bonds. The Kier molecular flexibility index (Phi) is 4.98. The first-order valence-electron chi connectivity index (χ1n) is 7.52. The third kappa shape index (κ3) is 4.12. The zero-order valence-electron chi connectivity index (χ0n) is 12.6. The van der Waals surface area contributed by atoms with E-state index in [1.807, 2.05) is 18.2 Å². The molecule has 1 heterocycles. The summed E-state index contributed by atoms with van der Waals surface area (Å²) in [6.45, 7) is 2.03. The summed E-state index contributed by atoms with van der Waals surface area (Å²) in [5.41, 5.74) is 1.88. The average Bonchev–Trinajstić information content (AvgIpc) is 2.50. The minimum Gasteiger partial charge on any atom is -0.481 e. The van der Waals surface area contributed by atoms with Gasteiger partial charge in [0.1, 0.15) is 5.82 Å². The van der Waals surface area contributed by atoms with Crippen LogP contribution in [0.4, 0.5) is 4.39 Å². The van der Waals surface area contributed by atoms with Gasteiger partial charge in [-0.15, -0.1) is 11.8 Å². The second-order valence-corrected chi connectivity index (χ2v) is 6.80. The van der Waals surface area contributed by atoms with Crippen molar-refractivity contribution in [2.24, 2.45) is 5.92 Å². The van der Waals surface area contributed by atoms with Crippen molar-refractivity contribution in [3.8, 4) is 0 Å². The van der Waals surface area contributed by atoms with E-state index in [1.165, 1.54) is 11.6 Å². The molecule has 2 aromatic carbocycles. The highest BCUT2D eigenvalue weighted by molar-refractivity contribution is 7.98. The first-order chi connectivity index (χ1) is 11.1. The Morgan fingerprint density at radius 2 is 1.87 bits per heavy atom. The summed E-state index contributed by atoms with van der Waals surface area (Å²) in [5.74, 6) is -0.479. The van der Waals surface area contributed by atoms with Crippen LogP contribution in [0.5, 0.6) is 0 Å². The number of carbonyl (C=O) groups is 1. The predicted molar refractivity (Wildman–Crippen MR) is 88.8 cm³/mol. The van der Waals surface area contributed by atoms with Crippen molar-refractivity contribution < 1.29 is 14.3 Å². The lowest BCUT2D eigenvalue weighted by molar-refractivity contribution is -0.147. The average molecular weight is 331 g/mol. The van der Waals surface area contributed by atoms with Crippen molar-refractivity contribution in [3.05, 3.63) is 65.5 Å². The van der Waals surface area contributed by atoms with E-state index in [2.05, 4.69) is 17.0 Å². The summed E-state index contributed by atoms with van der Waals surface area (Å²) in [6.07, 6.45) is 0. The number of aliphatic carboxylic acids is 1. The minimum absolute atomic E-state index is 0.164. The van der Waals surface area contributed by atoms with Gasteiger partial charge in [0.2, 0.25) is 0 Å². The molecule has 0 aliphatic carbocycles. The van der Waals surface area contributed by atoms with Crippen LogP contribution in [0.25, 0.3) is 0 Å². The molecule has 0 bridgehead atoms. The van der Waals surface area contributed by atoms with Crippen LogP contribution in [-0.2, 0) is 17.1 Å². The van der Waals surface area contributed by atoms with Gasteiger partial charge >= 0.3 is 5.97 Å². The van der Waals surface area contributed by atoms with E-state index in [4.69, 9.17) is 5.11 Å². The van der Waals surface area contributed by atoms with Gasteiger partial charge in [0.25, 0.3) is 0 Å². The fourth-order valence-corrected chi connectivity index (χ4v) is 3.47. The highest BCUT2D eigenvalue weighted by atomic mass is 32.2. The number of hydrogen-bond donors (Lipinski definition) is 1. The molecule has 1 fully saturated rings. The van der Waals surface area contributed by atoms with Crippen LogP contribution < -0.4 is 0 Å². The lowest BCUT2D eigenvalue weighted by atomic mass is 10.00. The fourth-order valence-electron chi connectivity index (χ4n) is 2.58. The van der Waals surface area contributed by atoms with E-state index in [0.29, 0.717) is 24.4 Å². The molecule has 3 nitrogen and oxygen atoms in total. The van der Waals surface area contributed by atoms with Gasteiger partial charge in [0.05, 0.1) is 5.92 Å². The largest absolute Gasteiger partial charge is 0.481 e. The summed E-state index contributed by atoms with van der Waals surface area (Å²) < 4.78 is 13.6. The molecule has 0 radical (unpaired) electrons. The van der Waals surface area contributed by atoms with Gasteiger partial charge < -0.3 is 5.11 Å². The van der Waals surface area contributed by atoms with Crippen LogP contribution in [0.1, 0.15) is 11.1 Å². The standard InChI is InChI=1S/C18H18FNO2S/c19-17-4-2-1-3-14(17)12-23-16-7-5-13(6-8-16)9-20-10-15(11-20)18(21)22/h1-8,15H,9-12H2,(H,21,22). The van der Waals surface area contributed by atoms with Crippen LogP contribution in [0.2, 0.25) is 0 Å². The van der Waals surface area contributed by atoms with Gasteiger partial charge in [-0.05, 0) is 29.3 Å². The fraction of sp³-hybridized carbons (Fsp3) is 0.278. The summed E-state index contributed by atoms with van der Waals surface area (Å²) in [5, 5.41) is 8.87. The first kappa shape index (κ1) is 16.0. The smallest absolute Gasteiger partial charge is 0.309 e. The van der Waals surface area contributed by atoms with Crippen LogP contribution in [0, 0.1) is 11.7 Å².